The zero-order valence-electron chi connectivity index (χ0n) is 36.4. The molecule has 20 heteroatoms. The Bertz CT molecular complexity index is 2310. The fourth-order valence-corrected chi connectivity index (χ4v) is 8.07. The maximum Gasteiger partial charge on any atom is 0.355 e. The number of aromatic carboxylic acids is 1. The van der Waals surface area contributed by atoms with Gasteiger partial charge in [0, 0.05) is 43.5 Å². The van der Waals surface area contributed by atoms with Crippen molar-refractivity contribution in [2.75, 3.05) is 42.7 Å². The van der Waals surface area contributed by atoms with E-state index in [9.17, 15) is 43.5 Å². The monoisotopic (exact) mass is 909 g/mol. The Morgan fingerprint density at radius 1 is 0.578 bits per heavy atom. The van der Waals surface area contributed by atoms with Crippen LogP contribution >= 0.6 is 12.2 Å². The number of carbonyl (C=O) groups is 8. The highest BCUT2D eigenvalue weighted by molar-refractivity contribution is 7.80. The zero-order valence-corrected chi connectivity index (χ0v) is 37.2. The first-order chi connectivity index (χ1) is 30.5. The van der Waals surface area contributed by atoms with Crippen molar-refractivity contribution in [3.63, 3.8) is 0 Å². The molecule has 0 saturated heterocycles. The topological polar surface area (TPSA) is 265 Å². The van der Waals surface area contributed by atoms with Gasteiger partial charge in [0.05, 0.1) is 67.5 Å². The Balaban J connectivity index is 2.08. The summed E-state index contributed by atoms with van der Waals surface area (Å²) in [4.78, 5) is 110. The van der Waals surface area contributed by atoms with E-state index < -0.39 is 72.6 Å². The molecule has 344 valence electrons. The van der Waals surface area contributed by atoms with Gasteiger partial charge in [0.1, 0.15) is 23.0 Å². The molecule has 3 heterocycles. The number of hydrogen-bond acceptors (Lipinski definition) is 16. The van der Waals surface area contributed by atoms with Crippen molar-refractivity contribution in [1.82, 2.24) is 15.3 Å². The highest BCUT2D eigenvalue weighted by atomic mass is 32.1. The lowest BCUT2D eigenvalue weighted by Crippen LogP contribution is -2.49. The SMILES string of the molecule is COC(=O)CCC1=C(CC(=O)OC)C(Cc2[nH]c(C(=O)O)c(CC(=O)OC)c2CCC(=O)OC)(Cc2[nH]c(C(=O)OCc3ccccc3)c(CCC(=O)OC)c2CC(=O)OC)NC1=S. The number of nitrogens with one attached hydrogen (secondary N) is 3. The van der Waals surface area contributed by atoms with E-state index in [0.717, 1.165) is 7.11 Å². The van der Waals surface area contributed by atoms with Crippen LogP contribution in [0.3, 0.4) is 0 Å². The summed E-state index contributed by atoms with van der Waals surface area (Å²) < 4.78 is 35.5. The zero-order chi connectivity index (χ0) is 47.1. The third-order valence-corrected chi connectivity index (χ3v) is 11.2. The first-order valence-corrected chi connectivity index (χ1v) is 20.3. The minimum atomic E-state index is -1.58. The molecule has 4 N–H and O–H groups in total. The standard InChI is InChI=1S/C44H51N3O16S/c1-57-33(48)15-12-25-29(19-37(52)61-5)39(42(54)55)45-31(25)21-44(30(20-38(53)62-6)27(41(64)47-44)14-17-35(50)59-3)22-32-28(18-36(51)60-4)26(13-16-34(49)58-2)40(46-32)43(56)63-23-24-10-8-7-9-11-24/h7-11,45-46H,12-23H2,1-6H3,(H,47,64)(H,54,55). The van der Waals surface area contributed by atoms with Gasteiger partial charge in [-0.25, -0.2) is 9.59 Å². The Labute approximate surface area is 373 Å². The van der Waals surface area contributed by atoms with Crippen LogP contribution in [0.1, 0.15) is 92.3 Å². The first-order valence-electron chi connectivity index (χ1n) is 19.9. The summed E-state index contributed by atoms with van der Waals surface area (Å²) in [5.74, 6) is -6.31. The summed E-state index contributed by atoms with van der Waals surface area (Å²) in [5, 5.41) is 13.7. The van der Waals surface area contributed by atoms with E-state index in [-0.39, 0.29) is 108 Å². The lowest BCUT2D eigenvalue weighted by molar-refractivity contribution is -0.141. The molecule has 0 bridgehead atoms. The van der Waals surface area contributed by atoms with Gasteiger partial charge in [0.15, 0.2) is 0 Å². The number of thiocarbonyl (C=S) groups is 1. The molecule has 0 spiro atoms. The number of esters is 7. The molecule has 2 aromatic heterocycles. The lowest BCUT2D eigenvalue weighted by Gasteiger charge is -2.34. The van der Waals surface area contributed by atoms with Crippen molar-refractivity contribution in [3.05, 3.63) is 92.1 Å². The van der Waals surface area contributed by atoms with E-state index in [1.807, 2.05) is 0 Å². The van der Waals surface area contributed by atoms with Gasteiger partial charge in [-0.1, -0.05) is 42.5 Å². The molecule has 0 aliphatic carbocycles. The fourth-order valence-electron chi connectivity index (χ4n) is 7.65. The number of benzene rings is 1. The predicted molar refractivity (Wildman–Crippen MR) is 227 cm³/mol. The van der Waals surface area contributed by atoms with E-state index in [1.165, 1.54) is 35.5 Å². The normalized spacial score (nSPS) is 14.3. The average Bonchev–Trinajstić information content (AvgIpc) is 3.89. The number of hydrogen-bond donors (Lipinski definition) is 4. The molecule has 0 fully saturated rings. The molecule has 0 saturated carbocycles. The van der Waals surface area contributed by atoms with E-state index in [2.05, 4.69) is 15.3 Å². The summed E-state index contributed by atoms with van der Waals surface area (Å²) in [5.41, 5.74) is 0.454. The Hall–Kier alpha value is -6.83. The average molecular weight is 910 g/mol. The second-order valence-corrected chi connectivity index (χ2v) is 15.0. The summed E-state index contributed by atoms with van der Waals surface area (Å²) >= 11 is 5.90. The van der Waals surface area contributed by atoms with Gasteiger partial charge >= 0.3 is 47.8 Å². The van der Waals surface area contributed by atoms with E-state index >= 15 is 0 Å². The largest absolute Gasteiger partial charge is 0.477 e. The molecule has 4 rings (SSSR count). The molecule has 1 atom stereocenters. The number of aromatic nitrogens is 2. The first kappa shape index (κ1) is 49.8. The number of methoxy groups -OCH3 is 6. The molecule has 0 amide bonds. The van der Waals surface area contributed by atoms with Crippen molar-refractivity contribution < 1.29 is 76.6 Å². The predicted octanol–water partition coefficient (Wildman–Crippen LogP) is 3.31. The van der Waals surface area contributed by atoms with Crippen LogP contribution in [0.2, 0.25) is 0 Å². The minimum Gasteiger partial charge on any atom is -0.477 e. The second-order valence-electron chi connectivity index (χ2n) is 14.6. The number of ether oxygens (including phenoxy) is 7. The highest BCUT2D eigenvalue weighted by Gasteiger charge is 2.46. The Morgan fingerprint density at radius 3 is 1.58 bits per heavy atom. The van der Waals surface area contributed by atoms with Gasteiger partial charge in [0.25, 0.3) is 0 Å². The van der Waals surface area contributed by atoms with Gasteiger partial charge in [-0.15, -0.1) is 0 Å². The molecule has 64 heavy (non-hydrogen) atoms. The molecular formula is C44H51N3O16S. The molecule has 1 aliphatic rings. The number of carboxylic acids is 1. The van der Waals surface area contributed by atoms with Gasteiger partial charge in [-0.05, 0) is 58.2 Å². The van der Waals surface area contributed by atoms with Crippen molar-refractivity contribution in [3.8, 4) is 0 Å². The fraction of sp³-hybridized carbons (Fsp3) is 0.432. The van der Waals surface area contributed by atoms with Crippen LogP contribution in [0.5, 0.6) is 0 Å². The molecule has 1 unspecified atom stereocenters. The van der Waals surface area contributed by atoms with Crippen LogP contribution in [-0.2, 0) is 107 Å². The quantitative estimate of drug-likeness (QED) is 0.0604. The number of carboxylic acid groups (broad SMARTS) is 1. The van der Waals surface area contributed by atoms with Crippen LogP contribution in [0.25, 0.3) is 0 Å². The van der Waals surface area contributed by atoms with Crippen LogP contribution in [-0.4, -0.2) is 116 Å². The maximum atomic E-state index is 14.1. The minimum absolute atomic E-state index is 0.0261. The van der Waals surface area contributed by atoms with Gasteiger partial charge in [-0.2, -0.15) is 0 Å². The van der Waals surface area contributed by atoms with E-state index in [1.54, 1.807) is 30.3 Å². The lowest BCUT2D eigenvalue weighted by atomic mass is 9.77. The van der Waals surface area contributed by atoms with Crippen molar-refractivity contribution in [2.45, 2.75) is 82.8 Å². The Morgan fingerprint density at radius 2 is 1.05 bits per heavy atom. The van der Waals surface area contributed by atoms with Crippen molar-refractivity contribution >= 4 is 65.0 Å². The van der Waals surface area contributed by atoms with Crippen LogP contribution in [0, 0.1) is 0 Å². The molecular weight excluding hydrogens is 859 g/mol. The molecule has 3 aromatic rings. The molecule has 0 radical (unpaired) electrons. The molecule has 1 aromatic carbocycles. The van der Waals surface area contributed by atoms with E-state index in [0.29, 0.717) is 16.7 Å². The van der Waals surface area contributed by atoms with E-state index in [4.69, 9.17) is 45.4 Å². The van der Waals surface area contributed by atoms with Gasteiger partial charge in [0.2, 0.25) is 0 Å². The smallest absolute Gasteiger partial charge is 0.355 e. The summed E-state index contributed by atoms with van der Waals surface area (Å²) in [6.45, 7) is -0.132. The third kappa shape index (κ3) is 12.4. The number of carbonyl (C=O) groups excluding carboxylic acids is 7. The molecule has 19 nitrogen and oxygen atoms in total. The summed E-state index contributed by atoms with van der Waals surface area (Å²) in [6, 6.07) is 8.85. The van der Waals surface area contributed by atoms with Crippen molar-refractivity contribution in [2.24, 2.45) is 0 Å². The Kier molecular flexibility index (Phi) is 17.9. The summed E-state index contributed by atoms with van der Waals surface area (Å²) in [6.07, 6.45) is -2.70. The van der Waals surface area contributed by atoms with Crippen LogP contribution in [0.4, 0.5) is 0 Å². The maximum absolute atomic E-state index is 14.1. The van der Waals surface area contributed by atoms with Gasteiger partial charge < -0.3 is 53.5 Å². The van der Waals surface area contributed by atoms with Crippen LogP contribution < -0.4 is 5.32 Å². The van der Waals surface area contributed by atoms with Crippen LogP contribution in [0.15, 0.2) is 41.5 Å². The van der Waals surface area contributed by atoms with Crippen molar-refractivity contribution in [1.29, 1.82) is 0 Å². The second kappa shape index (κ2) is 23.0. The van der Waals surface area contributed by atoms with Gasteiger partial charge in [-0.3, -0.25) is 28.8 Å². The number of aromatic amines is 2. The number of rotatable bonds is 23. The summed E-state index contributed by atoms with van der Waals surface area (Å²) in [7, 11) is 7.08. The number of H-pyrrole nitrogens is 2. The molecule has 1 aliphatic heterocycles. The highest BCUT2D eigenvalue weighted by Crippen LogP contribution is 2.41. The third-order valence-electron chi connectivity index (χ3n) is 10.8.